The van der Waals surface area contributed by atoms with Gasteiger partial charge < -0.3 is 9.64 Å². The van der Waals surface area contributed by atoms with Crippen LogP contribution in [0, 0.1) is 11.8 Å². The number of carbonyl (C=O) groups is 1. The Morgan fingerprint density at radius 2 is 2.06 bits per heavy atom. The molecule has 2 aliphatic rings. The molecule has 2 rings (SSSR count). The van der Waals surface area contributed by atoms with Crippen LogP contribution in [0.25, 0.3) is 0 Å². The van der Waals surface area contributed by atoms with Crippen molar-refractivity contribution >= 4 is 17.5 Å². The maximum atomic E-state index is 12.2. The van der Waals surface area contributed by atoms with Gasteiger partial charge in [0, 0.05) is 25.6 Å². The summed E-state index contributed by atoms with van der Waals surface area (Å²) in [7, 11) is 0. The zero-order valence-electron chi connectivity index (χ0n) is 9.82. The number of rotatable bonds is 2. The van der Waals surface area contributed by atoms with E-state index in [0.29, 0.717) is 5.92 Å². The average Bonchev–Trinajstić information content (AvgIpc) is 2.75. The number of alkyl halides is 1. The summed E-state index contributed by atoms with van der Waals surface area (Å²) in [6.45, 7) is 4.48. The van der Waals surface area contributed by atoms with E-state index >= 15 is 0 Å². The third-order valence-corrected chi connectivity index (χ3v) is 4.27. The molecule has 2 aliphatic heterocycles. The molecule has 3 nitrogen and oxygen atoms in total. The van der Waals surface area contributed by atoms with E-state index in [1.807, 2.05) is 11.8 Å². The molecule has 0 aromatic heterocycles. The quantitative estimate of drug-likeness (QED) is 0.696. The first kappa shape index (κ1) is 12.2. The fraction of sp³-hybridized carbons (Fsp3) is 0.917. The van der Waals surface area contributed by atoms with Gasteiger partial charge in [0.05, 0.1) is 12.0 Å². The molecule has 0 spiro atoms. The van der Waals surface area contributed by atoms with E-state index in [0.717, 1.165) is 44.8 Å². The van der Waals surface area contributed by atoms with Gasteiger partial charge >= 0.3 is 0 Å². The fourth-order valence-electron chi connectivity index (χ4n) is 2.60. The normalized spacial score (nSPS) is 32.0. The number of carbonyl (C=O) groups excluding carboxylic acids is 1. The molecule has 2 atom stereocenters. The molecule has 92 valence electrons. The minimum atomic E-state index is 0.0903. The lowest BCUT2D eigenvalue weighted by atomic mass is 9.95. The van der Waals surface area contributed by atoms with Gasteiger partial charge in [-0.05, 0) is 32.1 Å². The lowest BCUT2D eigenvalue weighted by Gasteiger charge is -2.33. The minimum absolute atomic E-state index is 0.0903. The van der Waals surface area contributed by atoms with E-state index in [4.69, 9.17) is 16.3 Å². The molecule has 1 amide bonds. The second-order valence-electron chi connectivity index (χ2n) is 4.89. The molecular formula is C12H20ClNO2. The van der Waals surface area contributed by atoms with Crippen molar-refractivity contribution < 1.29 is 9.53 Å². The average molecular weight is 246 g/mol. The molecule has 0 aromatic carbocycles. The third kappa shape index (κ3) is 2.51. The van der Waals surface area contributed by atoms with Crippen LogP contribution in [0.4, 0.5) is 0 Å². The largest absolute Gasteiger partial charge is 0.378 e. The van der Waals surface area contributed by atoms with Crippen molar-refractivity contribution in [1.82, 2.24) is 4.90 Å². The van der Waals surface area contributed by atoms with Crippen LogP contribution < -0.4 is 0 Å². The first-order valence-corrected chi connectivity index (χ1v) is 6.72. The van der Waals surface area contributed by atoms with Crippen LogP contribution in [0.2, 0.25) is 0 Å². The fourth-order valence-corrected chi connectivity index (χ4v) is 2.91. The van der Waals surface area contributed by atoms with E-state index < -0.39 is 0 Å². The zero-order chi connectivity index (χ0) is 11.5. The Balaban J connectivity index is 1.86. The van der Waals surface area contributed by atoms with Crippen LogP contribution in [0.15, 0.2) is 0 Å². The summed E-state index contributed by atoms with van der Waals surface area (Å²) in [5.41, 5.74) is 0. The molecule has 0 aliphatic carbocycles. The molecule has 2 fully saturated rings. The molecule has 0 radical (unpaired) electrons. The van der Waals surface area contributed by atoms with Crippen molar-refractivity contribution in [2.75, 3.05) is 25.6 Å². The minimum Gasteiger partial charge on any atom is -0.378 e. The van der Waals surface area contributed by atoms with Gasteiger partial charge in [-0.15, -0.1) is 11.6 Å². The van der Waals surface area contributed by atoms with Crippen molar-refractivity contribution in [3.63, 3.8) is 0 Å². The summed E-state index contributed by atoms with van der Waals surface area (Å²) < 4.78 is 5.45. The molecule has 0 N–H and O–H groups in total. The molecule has 16 heavy (non-hydrogen) atoms. The number of nitrogens with zero attached hydrogens (tertiary/aromatic N) is 1. The molecule has 2 saturated heterocycles. The van der Waals surface area contributed by atoms with Crippen LogP contribution in [0.5, 0.6) is 0 Å². The summed E-state index contributed by atoms with van der Waals surface area (Å²) in [4.78, 5) is 14.2. The van der Waals surface area contributed by atoms with Gasteiger partial charge in [-0.3, -0.25) is 4.79 Å². The third-order valence-electron chi connectivity index (χ3n) is 3.84. The second-order valence-corrected chi connectivity index (χ2v) is 5.20. The highest BCUT2D eigenvalue weighted by Crippen LogP contribution is 2.26. The van der Waals surface area contributed by atoms with Gasteiger partial charge in [-0.2, -0.15) is 0 Å². The highest BCUT2D eigenvalue weighted by molar-refractivity contribution is 6.18. The van der Waals surface area contributed by atoms with Gasteiger partial charge in [0.25, 0.3) is 0 Å². The Bertz CT molecular complexity index is 251. The van der Waals surface area contributed by atoms with Crippen molar-refractivity contribution in [2.24, 2.45) is 11.8 Å². The van der Waals surface area contributed by atoms with E-state index in [1.54, 1.807) is 0 Å². The Kier molecular flexibility index (Phi) is 4.09. The molecule has 0 bridgehead atoms. The predicted molar refractivity (Wildman–Crippen MR) is 63.5 cm³/mol. The molecule has 0 saturated carbocycles. The van der Waals surface area contributed by atoms with Crippen LogP contribution in [-0.4, -0.2) is 42.5 Å². The van der Waals surface area contributed by atoms with Gasteiger partial charge in [-0.1, -0.05) is 0 Å². The van der Waals surface area contributed by atoms with Crippen LogP contribution >= 0.6 is 11.6 Å². The maximum Gasteiger partial charge on any atom is 0.228 e. The highest BCUT2D eigenvalue weighted by Gasteiger charge is 2.34. The van der Waals surface area contributed by atoms with Gasteiger partial charge in [-0.25, -0.2) is 0 Å². The summed E-state index contributed by atoms with van der Waals surface area (Å²) >= 11 is 5.83. The smallest absolute Gasteiger partial charge is 0.228 e. The summed E-state index contributed by atoms with van der Waals surface area (Å²) in [5, 5.41) is 0. The lowest BCUT2D eigenvalue weighted by Crippen LogP contribution is -2.43. The Labute approximate surface area is 102 Å². The number of hydrogen-bond acceptors (Lipinski definition) is 2. The van der Waals surface area contributed by atoms with Gasteiger partial charge in [0.2, 0.25) is 5.91 Å². The molecule has 2 heterocycles. The summed E-state index contributed by atoms with van der Waals surface area (Å²) in [6.07, 6.45) is 3.09. The predicted octanol–water partition coefficient (Wildman–Crippen LogP) is 1.89. The van der Waals surface area contributed by atoms with E-state index in [1.165, 1.54) is 0 Å². The van der Waals surface area contributed by atoms with E-state index in [9.17, 15) is 4.79 Å². The number of halogens is 1. The van der Waals surface area contributed by atoms with E-state index in [-0.39, 0.29) is 17.9 Å². The summed E-state index contributed by atoms with van der Waals surface area (Å²) in [6, 6.07) is 0. The van der Waals surface area contributed by atoms with Gasteiger partial charge in [0.1, 0.15) is 0 Å². The molecular weight excluding hydrogens is 226 g/mol. The first-order chi connectivity index (χ1) is 7.72. The second kappa shape index (κ2) is 5.37. The maximum absolute atomic E-state index is 12.2. The standard InChI is InChI=1S/C12H20ClNO2/c1-9-11(4-7-16-9)12(15)14-5-2-10(8-13)3-6-14/h9-11H,2-8H2,1H3. The SMILES string of the molecule is CC1OCCC1C(=O)N1CCC(CCl)CC1. The van der Waals surface area contributed by atoms with Gasteiger partial charge in [0.15, 0.2) is 0 Å². The molecule has 0 aromatic rings. The van der Waals surface area contributed by atoms with Crippen molar-refractivity contribution in [3.05, 3.63) is 0 Å². The van der Waals surface area contributed by atoms with E-state index in [2.05, 4.69) is 0 Å². The van der Waals surface area contributed by atoms with Crippen molar-refractivity contribution in [3.8, 4) is 0 Å². The summed E-state index contributed by atoms with van der Waals surface area (Å²) in [5.74, 6) is 1.71. The van der Waals surface area contributed by atoms with Crippen molar-refractivity contribution in [1.29, 1.82) is 0 Å². The lowest BCUT2D eigenvalue weighted by molar-refractivity contribution is -0.138. The topological polar surface area (TPSA) is 29.5 Å². The number of hydrogen-bond donors (Lipinski definition) is 0. The highest BCUT2D eigenvalue weighted by atomic mass is 35.5. The van der Waals surface area contributed by atoms with Crippen LogP contribution in [-0.2, 0) is 9.53 Å². The monoisotopic (exact) mass is 245 g/mol. The van der Waals surface area contributed by atoms with Crippen LogP contribution in [0.3, 0.4) is 0 Å². The number of amides is 1. The number of likely N-dealkylation sites (tertiary alicyclic amines) is 1. The zero-order valence-corrected chi connectivity index (χ0v) is 10.6. The Hall–Kier alpha value is -0.280. The number of piperidine rings is 1. The first-order valence-electron chi connectivity index (χ1n) is 6.18. The molecule has 2 unspecified atom stereocenters. The number of ether oxygens (including phenoxy) is 1. The molecule has 4 heteroatoms. The Morgan fingerprint density at radius 3 is 2.56 bits per heavy atom. The van der Waals surface area contributed by atoms with Crippen molar-refractivity contribution in [2.45, 2.75) is 32.3 Å². The van der Waals surface area contributed by atoms with Crippen LogP contribution in [0.1, 0.15) is 26.2 Å². The Morgan fingerprint density at radius 1 is 1.38 bits per heavy atom.